The molecule has 1 fully saturated rings. The Kier molecular flexibility index (Phi) is 12.8. The van der Waals surface area contributed by atoms with Gasteiger partial charge in [0.2, 0.25) is 0 Å². The van der Waals surface area contributed by atoms with Gasteiger partial charge in [0, 0.05) is 19.3 Å². The second-order valence-electron chi connectivity index (χ2n) is 9.67. The lowest BCUT2D eigenvalue weighted by Crippen LogP contribution is -2.63. The van der Waals surface area contributed by atoms with Crippen molar-refractivity contribution >= 4 is 17.5 Å². The fourth-order valence-electron chi connectivity index (χ4n) is 6.26. The monoisotopic (exact) mass is 429 g/mol. The normalized spacial score (nSPS) is 17.0. The Morgan fingerprint density at radius 2 is 1.32 bits per heavy atom. The van der Waals surface area contributed by atoms with Gasteiger partial charge in [0.15, 0.2) is 0 Å². The molecule has 168 valence electrons. The van der Waals surface area contributed by atoms with Crippen molar-refractivity contribution in [1.29, 1.82) is 0 Å². The molecule has 0 aliphatic heterocycles. The fourth-order valence-corrected chi connectivity index (χ4v) is 15.5. The molecule has 0 heterocycles. The zero-order valence-electron chi connectivity index (χ0n) is 20.4. The Labute approximate surface area is 179 Å². The number of hydrogen-bond acceptors (Lipinski definition) is 3. The first-order valence-corrected chi connectivity index (χ1v) is 16.3. The lowest BCUT2D eigenvalue weighted by Gasteiger charge is -2.55. The molecule has 0 saturated heterocycles. The molecule has 0 radical (unpaired) electrons. The van der Waals surface area contributed by atoms with Crippen LogP contribution in [0.2, 0.25) is 22.7 Å². The molecule has 0 bridgehead atoms. The summed E-state index contributed by atoms with van der Waals surface area (Å²) in [4.78, 5) is 0. The third-order valence-electron chi connectivity index (χ3n) is 7.08. The highest BCUT2D eigenvalue weighted by molar-refractivity contribution is 6.81. The van der Waals surface area contributed by atoms with Crippen molar-refractivity contribution < 1.29 is 8.85 Å². The second kappa shape index (κ2) is 13.6. The van der Waals surface area contributed by atoms with Crippen LogP contribution in [0.1, 0.15) is 100 Å². The number of hydrogen-bond donors (Lipinski definition) is 0. The van der Waals surface area contributed by atoms with Crippen LogP contribution in [-0.4, -0.2) is 47.9 Å². The van der Waals surface area contributed by atoms with E-state index in [1.807, 2.05) is 0 Å². The van der Waals surface area contributed by atoms with E-state index in [0.29, 0.717) is 0 Å². The third kappa shape index (κ3) is 6.93. The SMILES string of the molecule is CCO[SiH](CCCCN(C1CCCCC1)[Si](C(C)C)(C(C)C)C(C)C)OCC. The smallest absolute Gasteiger partial charge is 0.321 e. The topological polar surface area (TPSA) is 21.7 Å². The van der Waals surface area contributed by atoms with Crippen LogP contribution in [0.15, 0.2) is 0 Å². The molecule has 0 aromatic heterocycles. The summed E-state index contributed by atoms with van der Waals surface area (Å²) in [5.41, 5.74) is 2.43. The first-order chi connectivity index (χ1) is 13.3. The highest BCUT2D eigenvalue weighted by Crippen LogP contribution is 2.46. The summed E-state index contributed by atoms with van der Waals surface area (Å²) in [7, 11) is -3.01. The molecular weight excluding hydrogens is 378 g/mol. The average Bonchev–Trinajstić information content (AvgIpc) is 2.64. The lowest BCUT2D eigenvalue weighted by molar-refractivity contribution is 0.209. The molecule has 1 saturated carbocycles. The van der Waals surface area contributed by atoms with Crippen LogP contribution >= 0.6 is 0 Å². The van der Waals surface area contributed by atoms with Crippen LogP contribution in [0.3, 0.4) is 0 Å². The molecule has 1 rings (SSSR count). The molecule has 0 atom stereocenters. The third-order valence-corrected chi connectivity index (χ3v) is 16.5. The molecule has 0 spiro atoms. The van der Waals surface area contributed by atoms with Crippen molar-refractivity contribution in [2.75, 3.05) is 19.8 Å². The van der Waals surface area contributed by atoms with Gasteiger partial charge in [0.05, 0.1) is 0 Å². The van der Waals surface area contributed by atoms with Gasteiger partial charge in [0.25, 0.3) is 0 Å². The first kappa shape index (κ1) is 26.3. The average molecular weight is 430 g/mol. The Morgan fingerprint density at radius 1 is 0.821 bits per heavy atom. The summed E-state index contributed by atoms with van der Waals surface area (Å²) in [6.45, 7) is 22.2. The van der Waals surface area contributed by atoms with Gasteiger partial charge in [-0.2, -0.15) is 0 Å². The summed E-state index contributed by atoms with van der Waals surface area (Å²) in [6, 6.07) is 2.00. The van der Waals surface area contributed by atoms with Crippen LogP contribution in [0.4, 0.5) is 0 Å². The van der Waals surface area contributed by atoms with E-state index in [-0.39, 0.29) is 0 Å². The van der Waals surface area contributed by atoms with Crippen molar-refractivity contribution in [2.45, 2.75) is 129 Å². The van der Waals surface area contributed by atoms with Crippen molar-refractivity contribution in [2.24, 2.45) is 0 Å². The quantitative estimate of drug-likeness (QED) is 0.222. The minimum atomic E-state index is -1.57. The van der Waals surface area contributed by atoms with E-state index in [1.165, 1.54) is 57.5 Å². The van der Waals surface area contributed by atoms with Gasteiger partial charge in [-0.05, 0) is 62.3 Å². The standard InChI is InChI=1S/C23H51NO2Si2/c1-9-25-27(26-10-2)19-15-14-18-24(23-16-12-11-13-17-23)28(20(3)4,21(5)6)22(7)8/h20-23,27H,9-19H2,1-8H3. The van der Waals surface area contributed by atoms with Gasteiger partial charge in [-0.1, -0.05) is 67.2 Å². The van der Waals surface area contributed by atoms with E-state index in [1.54, 1.807) is 0 Å². The number of nitrogens with zero attached hydrogens (tertiary/aromatic N) is 1. The van der Waals surface area contributed by atoms with Crippen molar-refractivity contribution in [3.8, 4) is 0 Å². The first-order valence-electron chi connectivity index (χ1n) is 12.3. The van der Waals surface area contributed by atoms with E-state index in [2.05, 4.69) is 60.0 Å². The molecule has 0 aromatic carbocycles. The molecule has 0 aromatic rings. The Hall–Kier alpha value is 0.314. The van der Waals surface area contributed by atoms with Gasteiger partial charge < -0.3 is 13.4 Å². The summed E-state index contributed by atoms with van der Waals surface area (Å²) in [6.07, 6.45) is 9.74. The van der Waals surface area contributed by atoms with E-state index in [9.17, 15) is 0 Å². The molecule has 1 aliphatic rings. The molecule has 5 heteroatoms. The van der Waals surface area contributed by atoms with Gasteiger partial charge in [-0.25, -0.2) is 0 Å². The molecule has 1 aliphatic carbocycles. The highest BCUT2D eigenvalue weighted by atomic mass is 28.3. The van der Waals surface area contributed by atoms with Crippen molar-refractivity contribution in [3.63, 3.8) is 0 Å². The van der Waals surface area contributed by atoms with E-state index < -0.39 is 17.5 Å². The van der Waals surface area contributed by atoms with Crippen LogP contribution in [-0.2, 0) is 8.85 Å². The predicted molar refractivity (Wildman–Crippen MR) is 129 cm³/mol. The van der Waals surface area contributed by atoms with Gasteiger partial charge in [0.1, 0.15) is 8.24 Å². The minimum absolute atomic E-state index is 0.801. The maximum absolute atomic E-state index is 5.90. The van der Waals surface area contributed by atoms with Gasteiger partial charge in [-0.3, -0.25) is 0 Å². The zero-order valence-corrected chi connectivity index (χ0v) is 22.6. The molecular formula is C23H51NO2Si2. The summed E-state index contributed by atoms with van der Waals surface area (Å²) < 4.78 is 14.9. The number of rotatable bonds is 14. The molecule has 28 heavy (non-hydrogen) atoms. The lowest BCUT2D eigenvalue weighted by atomic mass is 9.95. The largest absolute Gasteiger partial charge is 0.397 e. The fraction of sp³-hybridized carbons (Fsp3) is 1.00. The van der Waals surface area contributed by atoms with Gasteiger partial charge >= 0.3 is 9.28 Å². The maximum atomic E-state index is 5.90. The molecule has 0 N–H and O–H groups in total. The van der Waals surface area contributed by atoms with Crippen LogP contribution < -0.4 is 0 Å². The summed E-state index contributed by atoms with van der Waals surface area (Å²) >= 11 is 0. The second-order valence-corrected chi connectivity index (χ2v) is 17.6. The van der Waals surface area contributed by atoms with E-state index >= 15 is 0 Å². The van der Waals surface area contributed by atoms with Gasteiger partial charge in [-0.15, -0.1) is 0 Å². The maximum Gasteiger partial charge on any atom is 0.321 e. The predicted octanol–water partition coefficient (Wildman–Crippen LogP) is 6.87. The number of unbranched alkanes of at least 4 members (excludes halogenated alkanes) is 1. The van der Waals surface area contributed by atoms with Crippen LogP contribution in [0, 0.1) is 0 Å². The van der Waals surface area contributed by atoms with Crippen LogP contribution in [0.5, 0.6) is 0 Å². The Bertz CT molecular complexity index is 370. The Morgan fingerprint density at radius 3 is 1.75 bits per heavy atom. The van der Waals surface area contributed by atoms with E-state index in [0.717, 1.165) is 35.9 Å². The highest BCUT2D eigenvalue weighted by Gasteiger charge is 2.49. The minimum Gasteiger partial charge on any atom is -0.397 e. The summed E-state index contributed by atoms with van der Waals surface area (Å²) in [5.74, 6) is 0. The van der Waals surface area contributed by atoms with E-state index in [4.69, 9.17) is 8.85 Å². The molecule has 0 amide bonds. The summed E-state index contributed by atoms with van der Waals surface area (Å²) in [5, 5.41) is 0. The zero-order chi connectivity index (χ0) is 21.2. The molecule has 3 nitrogen and oxygen atoms in total. The Balaban J connectivity index is 2.90. The van der Waals surface area contributed by atoms with Crippen molar-refractivity contribution in [3.05, 3.63) is 0 Å². The van der Waals surface area contributed by atoms with Crippen molar-refractivity contribution in [1.82, 2.24) is 4.57 Å². The van der Waals surface area contributed by atoms with Crippen LogP contribution in [0.25, 0.3) is 0 Å². The molecule has 0 unspecified atom stereocenters.